The molecule has 24 heavy (non-hydrogen) atoms. The molecular formula is C19H26N2O3. The Kier molecular flexibility index (Phi) is 5.51. The second-order valence-corrected chi connectivity index (χ2v) is 6.83. The highest BCUT2D eigenvalue weighted by Gasteiger charge is 2.31. The van der Waals surface area contributed by atoms with Crippen molar-refractivity contribution in [3.05, 3.63) is 35.4 Å². The molecule has 0 radical (unpaired) electrons. The van der Waals surface area contributed by atoms with Gasteiger partial charge in [-0.05, 0) is 38.2 Å². The lowest BCUT2D eigenvalue weighted by molar-refractivity contribution is -0.142. The normalized spacial score (nSPS) is 21.7. The molecule has 5 heteroatoms. The van der Waals surface area contributed by atoms with E-state index in [9.17, 15) is 9.59 Å². The Morgan fingerprint density at radius 2 is 2.04 bits per heavy atom. The molecule has 1 unspecified atom stereocenters. The fourth-order valence-corrected chi connectivity index (χ4v) is 3.51. The molecule has 0 spiro atoms. The van der Waals surface area contributed by atoms with Gasteiger partial charge in [0.25, 0.3) is 5.91 Å². The van der Waals surface area contributed by atoms with E-state index < -0.39 is 0 Å². The van der Waals surface area contributed by atoms with E-state index in [0.717, 1.165) is 31.2 Å². The van der Waals surface area contributed by atoms with Crippen molar-refractivity contribution in [1.82, 2.24) is 10.2 Å². The molecule has 1 aromatic carbocycles. The second kappa shape index (κ2) is 7.79. The third-order valence-corrected chi connectivity index (χ3v) is 4.82. The van der Waals surface area contributed by atoms with E-state index in [4.69, 9.17) is 4.74 Å². The van der Waals surface area contributed by atoms with Crippen molar-refractivity contribution in [1.29, 1.82) is 0 Å². The molecule has 1 N–H and O–H groups in total. The molecule has 5 nitrogen and oxygen atoms in total. The number of carbonyl (C=O) groups is 2. The first-order chi connectivity index (χ1) is 11.6. The number of rotatable bonds is 4. The predicted molar refractivity (Wildman–Crippen MR) is 91.6 cm³/mol. The van der Waals surface area contributed by atoms with Crippen molar-refractivity contribution in [2.45, 2.75) is 51.2 Å². The quantitative estimate of drug-likeness (QED) is 0.916. The summed E-state index contributed by atoms with van der Waals surface area (Å²) in [5, 5.41) is 3.11. The van der Waals surface area contributed by atoms with Crippen LogP contribution in [0.15, 0.2) is 24.3 Å². The van der Waals surface area contributed by atoms with Crippen molar-refractivity contribution in [2.75, 3.05) is 19.7 Å². The Balaban J connectivity index is 1.43. The van der Waals surface area contributed by atoms with Gasteiger partial charge in [-0.2, -0.15) is 0 Å². The lowest BCUT2D eigenvalue weighted by Gasteiger charge is -2.33. The van der Waals surface area contributed by atoms with Crippen LogP contribution in [0.1, 0.15) is 36.8 Å². The number of likely N-dealkylation sites (tertiary alicyclic amines) is 1. The topological polar surface area (TPSA) is 58.6 Å². The molecule has 3 rings (SSSR count). The number of hydrogen-bond acceptors (Lipinski definition) is 3. The van der Waals surface area contributed by atoms with E-state index in [1.807, 2.05) is 36.1 Å². The number of nitrogens with zero attached hydrogens (tertiary/aromatic N) is 1. The fraction of sp³-hybridized carbons (Fsp3) is 0.579. The van der Waals surface area contributed by atoms with Gasteiger partial charge in [0.1, 0.15) is 6.10 Å². The van der Waals surface area contributed by atoms with E-state index in [2.05, 4.69) is 5.32 Å². The zero-order valence-corrected chi connectivity index (χ0v) is 14.3. The van der Waals surface area contributed by atoms with Gasteiger partial charge in [-0.15, -0.1) is 0 Å². The number of amides is 2. The average Bonchev–Trinajstić information content (AvgIpc) is 3.09. The van der Waals surface area contributed by atoms with Crippen LogP contribution in [0.2, 0.25) is 0 Å². The largest absolute Gasteiger partial charge is 0.368 e. The molecule has 0 aromatic heterocycles. The van der Waals surface area contributed by atoms with Crippen LogP contribution in [-0.4, -0.2) is 48.6 Å². The number of benzene rings is 1. The first-order valence-electron chi connectivity index (χ1n) is 8.87. The van der Waals surface area contributed by atoms with Gasteiger partial charge in [0, 0.05) is 25.7 Å². The van der Waals surface area contributed by atoms with Gasteiger partial charge in [-0.3, -0.25) is 9.59 Å². The van der Waals surface area contributed by atoms with E-state index in [-0.39, 0.29) is 24.0 Å². The highest BCUT2D eigenvalue weighted by Crippen LogP contribution is 2.18. The van der Waals surface area contributed by atoms with Gasteiger partial charge in [0.15, 0.2) is 0 Å². The van der Waals surface area contributed by atoms with Gasteiger partial charge < -0.3 is 15.0 Å². The Bertz CT molecular complexity index is 588. The summed E-state index contributed by atoms with van der Waals surface area (Å²) in [6.45, 7) is 4.13. The number of aryl methyl sites for hydroxylation is 1. The smallest absolute Gasteiger partial charge is 0.251 e. The maximum atomic E-state index is 12.3. The summed E-state index contributed by atoms with van der Waals surface area (Å²) in [4.78, 5) is 26.4. The lowest BCUT2D eigenvalue weighted by Crippen LogP contribution is -2.49. The zero-order chi connectivity index (χ0) is 16.9. The predicted octanol–water partition coefficient (Wildman–Crippen LogP) is 1.82. The Morgan fingerprint density at radius 3 is 2.71 bits per heavy atom. The van der Waals surface area contributed by atoms with Crippen molar-refractivity contribution >= 4 is 11.8 Å². The van der Waals surface area contributed by atoms with Crippen LogP contribution in [0.25, 0.3) is 0 Å². The maximum absolute atomic E-state index is 12.3. The lowest BCUT2D eigenvalue weighted by atomic mass is 10.0. The van der Waals surface area contributed by atoms with Crippen molar-refractivity contribution < 1.29 is 14.3 Å². The second-order valence-electron chi connectivity index (χ2n) is 6.83. The molecule has 2 saturated heterocycles. The van der Waals surface area contributed by atoms with Crippen LogP contribution in [0.5, 0.6) is 0 Å². The summed E-state index contributed by atoms with van der Waals surface area (Å²) in [6.07, 6.45) is 3.62. The van der Waals surface area contributed by atoms with Gasteiger partial charge in [0.05, 0.1) is 6.42 Å². The minimum Gasteiger partial charge on any atom is -0.368 e. The molecule has 0 aliphatic carbocycles. The number of carbonyl (C=O) groups excluding carboxylic acids is 2. The van der Waals surface area contributed by atoms with Crippen LogP contribution in [0.4, 0.5) is 0 Å². The molecule has 1 aromatic rings. The summed E-state index contributed by atoms with van der Waals surface area (Å²) in [7, 11) is 0. The fourth-order valence-electron chi connectivity index (χ4n) is 3.51. The Hall–Kier alpha value is -1.88. The number of piperidine rings is 1. The molecule has 1 atom stereocenters. The summed E-state index contributed by atoms with van der Waals surface area (Å²) >= 11 is 0. The minimum absolute atomic E-state index is 0.0597. The summed E-state index contributed by atoms with van der Waals surface area (Å²) in [5.41, 5.74) is 2.21. The molecule has 2 amide bonds. The van der Waals surface area contributed by atoms with Crippen LogP contribution in [-0.2, 0) is 20.7 Å². The summed E-state index contributed by atoms with van der Waals surface area (Å²) in [6, 6.07) is 8.20. The molecule has 0 saturated carbocycles. The maximum Gasteiger partial charge on any atom is 0.251 e. The van der Waals surface area contributed by atoms with E-state index in [0.29, 0.717) is 26.1 Å². The third kappa shape index (κ3) is 4.35. The summed E-state index contributed by atoms with van der Waals surface area (Å²) < 4.78 is 5.47. The molecule has 2 aliphatic rings. The first kappa shape index (κ1) is 17.0. The molecule has 0 bridgehead atoms. The van der Waals surface area contributed by atoms with Crippen LogP contribution in [0, 0.1) is 6.92 Å². The minimum atomic E-state index is -0.238. The van der Waals surface area contributed by atoms with Crippen LogP contribution >= 0.6 is 0 Å². The molecule has 130 valence electrons. The van der Waals surface area contributed by atoms with E-state index in [1.165, 1.54) is 5.56 Å². The standard InChI is InChI=1S/C19H26N2O3/c1-14-4-2-5-15(12-14)13-18(22)20-16-7-9-21(10-8-16)19(23)17-6-3-11-24-17/h2,4-5,12,16-17H,3,6-11,13H2,1H3,(H,20,22). The van der Waals surface area contributed by atoms with Gasteiger partial charge >= 0.3 is 0 Å². The van der Waals surface area contributed by atoms with Crippen molar-refractivity contribution in [2.24, 2.45) is 0 Å². The average molecular weight is 330 g/mol. The molecule has 2 fully saturated rings. The number of ether oxygens (including phenoxy) is 1. The highest BCUT2D eigenvalue weighted by molar-refractivity contribution is 5.81. The van der Waals surface area contributed by atoms with E-state index >= 15 is 0 Å². The first-order valence-corrected chi connectivity index (χ1v) is 8.87. The SMILES string of the molecule is Cc1cccc(CC(=O)NC2CCN(C(=O)C3CCCO3)CC2)c1. The number of hydrogen-bond donors (Lipinski definition) is 1. The number of nitrogens with one attached hydrogen (secondary N) is 1. The van der Waals surface area contributed by atoms with Gasteiger partial charge in [0.2, 0.25) is 5.91 Å². The van der Waals surface area contributed by atoms with Crippen LogP contribution < -0.4 is 5.32 Å². The van der Waals surface area contributed by atoms with Crippen LogP contribution in [0.3, 0.4) is 0 Å². The Morgan fingerprint density at radius 1 is 1.25 bits per heavy atom. The summed E-state index contributed by atoms with van der Waals surface area (Å²) in [5.74, 6) is 0.182. The third-order valence-electron chi connectivity index (χ3n) is 4.82. The molecule has 2 aliphatic heterocycles. The highest BCUT2D eigenvalue weighted by atomic mass is 16.5. The monoisotopic (exact) mass is 330 g/mol. The molecular weight excluding hydrogens is 304 g/mol. The zero-order valence-electron chi connectivity index (χ0n) is 14.3. The van der Waals surface area contributed by atoms with Gasteiger partial charge in [-0.1, -0.05) is 29.8 Å². The Labute approximate surface area is 143 Å². The van der Waals surface area contributed by atoms with Crippen molar-refractivity contribution in [3.63, 3.8) is 0 Å². The van der Waals surface area contributed by atoms with Gasteiger partial charge in [-0.25, -0.2) is 0 Å². The van der Waals surface area contributed by atoms with Crippen molar-refractivity contribution in [3.8, 4) is 0 Å². The van der Waals surface area contributed by atoms with E-state index in [1.54, 1.807) is 0 Å². The molecule has 2 heterocycles.